The van der Waals surface area contributed by atoms with Crippen LogP contribution in [0, 0.1) is 10.1 Å². The van der Waals surface area contributed by atoms with Gasteiger partial charge in [-0.1, -0.05) is 26.0 Å². The first kappa shape index (κ1) is 14.8. The molecular formula is C13H17BrN2O2S. The molecule has 1 aliphatic heterocycles. The van der Waals surface area contributed by atoms with Gasteiger partial charge in [-0.3, -0.25) is 15.0 Å². The van der Waals surface area contributed by atoms with Crippen molar-refractivity contribution in [2.24, 2.45) is 0 Å². The predicted molar refractivity (Wildman–Crippen MR) is 82.6 cm³/mol. The number of nitro benzene ring substituents is 1. The molecule has 1 aliphatic rings. The van der Waals surface area contributed by atoms with Crippen LogP contribution in [0.1, 0.15) is 19.4 Å². The molecule has 0 saturated carbocycles. The lowest BCUT2D eigenvalue weighted by Gasteiger charge is -2.34. The maximum Gasteiger partial charge on any atom is 0.283 e. The Morgan fingerprint density at radius 2 is 2.05 bits per heavy atom. The van der Waals surface area contributed by atoms with Crippen LogP contribution in [0.5, 0.6) is 0 Å². The minimum atomic E-state index is -0.342. The maximum absolute atomic E-state index is 10.9. The van der Waals surface area contributed by atoms with E-state index in [1.807, 2.05) is 17.8 Å². The van der Waals surface area contributed by atoms with Gasteiger partial charge in [0.25, 0.3) is 5.69 Å². The number of halogens is 1. The Labute approximate surface area is 125 Å². The zero-order valence-corrected chi connectivity index (χ0v) is 13.4. The summed E-state index contributed by atoms with van der Waals surface area (Å²) in [5.74, 6) is 0. The van der Waals surface area contributed by atoms with Crippen LogP contribution < -0.4 is 0 Å². The second-order valence-electron chi connectivity index (χ2n) is 4.96. The van der Waals surface area contributed by atoms with Gasteiger partial charge in [0.05, 0.1) is 9.40 Å². The van der Waals surface area contributed by atoms with Crippen molar-refractivity contribution in [3.05, 3.63) is 38.3 Å². The molecule has 104 valence electrons. The molecule has 0 amide bonds. The van der Waals surface area contributed by atoms with Gasteiger partial charge in [-0.25, -0.2) is 0 Å². The number of benzene rings is 1. The van der Waals surface area contributed by atoms with Gasteiger partial charge in [-0.05, 0) is 21.5 Å². The molecule has 2 atom stereocenters. The second kappa shape index (κ2) is 6.24. The summed E-state index contributed by atoms with van der Waals surface area (Å²) in [6.45, 7) is 7.29. The molecule has 0 spiro atoms. The third-order valence-corrected chi connectivity index (χ3v) is 5.29. The molecular weight excluding hydrogens is 328 g/mol. The molecule has 0 radical (unpaired) electrons. The monoisotopic (exact) mass is 344 g/mol. The van der Waals surface area contributed by atoms with Crippen molar-refractivity contribution >= 4 is 33.4 Å². The Bertz CT molecular complexity index is 474. The standard InChI is InChI=1S/C13H17BrN2O2S/c1-9-6-15(7-10(2)19-9)8-11-4-3-5-12(13(11)14)16(17)18/h3-5,9-10H,6-8H2,1-2H3. The average molecular weight is 345 g/mol. The van der Waals surface area contributed by atoms with Crippen molar-refractivity contribution in [3.63, 3.8) is 0 Å². The van der Waals surface area contributed by atoms with Gasteiger partial charge in [-0.2, -0.15) is 11.8 Å². The van der Waals surface area contributed by atoms with E-state index in [0.717, 1.165) is 25.2 Å². The first-order chi connectivity index (χ1) is 8.97. The second-order valence-corrected chi connectivity index (χ2v) is 7.63. The van der Waals surface area contributed by atoms with E-state index >= 15 is 0 Å². The zero-order chi connectivity index (χ0) is 14.0. The van der Waals surface area contributed by atoms with Gasteiger partial charge < -0.3 is 0 Å². The lowest BCUT2D eigenvalue weighted by molar-refractivity contribution is -0.385. The summed E-state index contributed by atoms with van der Waals surface area (Å²) in [6.07, 6.45) is 0. The highest BCUT2D eigenvalue weighted by molar-refractivity contribution is 9.10. The van der Waals surface area contributed by atoms with Crippen molar-refractivity contribution in [1.82, 2.24) is 4.90 Å². The Morgan fingerprint density at radius 1 is 1.42 bits per heavy atom. The minimum Gasteiger partial charge on any atom is -0.297 e. The van der Waals surface area contributed by atoms with Gasteiger partial charge >= 0.3 is 0 Å². The van der Waals surface area contributed by atoms with E-state index in [0.29, 0.717) is 15.0 Å². The molecule has 1 saturated heterocycles. The van der Waals surface area contributed by atoms with Gasteiger partial charge in [-0.15, -0.1) is 0 Å². The third kappa shape index (κ3) is 3.70. The van der Waals surface area contributed by atoms with Crippen molar-refractivity contribution in [3.8, 4) is 0 Å². The molecule has 4 nitrogen and oxygen atoms in total. The van der Waals surface area contributed by atoms with Gasteiger partial charge in [0.1, 0.15) is 0 Å². The summed E-state index contributed by atoms with van der Waals surface area (Å²) in [4.78, 5) is 13.0. The Kier molecular flexibility index (Phi) is 4.86. The number of nitrogens with zero attached hydrogens (tertiary/aromatic N) is 2. The predicted octanol–water partition coefficient (Wildman–Crippen LogP) is 3.68. The first-order valence-electron chi connectivity index (χ1n) is 6.27. The number of thioether (sulfide) groups is 1. The van der Waals surface area contributed by atoms with Crippen molar-refractivity contribution in [2.45, 2.75) is 30.9 Å². The zero-order valence-electron chi connectivity index (χ0n) is 11.0. The SMILES string of the molecule is CC1CN(Cc2cccc([N+](=O)[O-])c2Br)CC(C)S1. The topological polar surface area (TPSA) is 46.4 Å². The third-order valence-electron chi connectivity index (χ3n) is 3.14. The Hall–Kier alpha value is -0.590. The maximum atomic E-state index is 10.9. The van der Waals surface area contributed by atoms with Crippen LogP contribution in [0.15, 0.2) is 22.7 Å². The van der Waals surface area contributed by atoms with Crippen molar-refractivity contribution < 1.29 is 4.92 Å². The molecule has 0 N–H and O–H groups in total. The van der Waals surface area contributed by atoms with Crippen LogP contribution in [0.4, 0.5) is 5.69 Å². The van der Waals surface area contributed by atoms with Crippen molar-refractivity contribution in [1.29, 1.82) is 0 Å². The fraction of sp³-hybridized carbons (Fsp3) is 0.538. The van der Waals surface area contributed by atoms with E-state index in [9.17, 15) is 10.1 Å². The van der Waals surface area contributed by atoms with Crippen LogP contribution >= 0.6 is 27.7 Å². The molecule has 6 heteroatoms. The number of hydrogen-bond donors (Lipinski definition) is 0. The largest absolute Gasteiger partial charge is 0.297 e. The van der Waals surface area contributed by atoms with Crippen LogP contribution in [0.3, 0.4) is 0 Å². The van der Waals surface area contributed by atoms with Crippen LogP contribution in [0.2, 0.25) is 0 Å². The number of hydrogen-bond acceptors (Lipinski definition) is 4. The molecule has 1 aromatic rings. The van der Waals surface area contributed by atoms with Crippen LogP contribution in [-0.4, -0.2) is 33.4 Å². The molecule has 2 rings (SSSR count). The quantitative estimate of drug-likeness (QED) is 0.619. The highest BCUT2D eigenvalue weighted by Crippen LogP contribution is 2.31. The molecule has 0 aromatic heterocycles. The molecule has 1 aromatic carbocycles. The lowest BCUT2D eigenvalue weighted by atomic mass is 10.1. The van der Waals surface area contributed by atoms with Crippen LogP contribution in [-0.2, 0) is 6.54 Å². The average Bonchev–Trinajstić information content (AvgIpc) is 2.30. The summed E-state index contributed by atoms with van der Waals surface area (Å²) in [7, 11) is 0. The van der Waals surface area contributed by atoms with Gasteiger partial charge in [0.2, 0.25) is 0 Å². The molecule has 19 heavy (non-hydrogen) atoms. The highest BCUT2D eigenvalue weighted by atomic mass is 79.9. The van der Waals surface area contributed by atoms with Gasteiger partial charge in [0, 0.05) is 36.2 Å². The summed E-state index contributed by atoms with van der Waals surface area (Å²) < 4.78 is 0.610. The van der Waals surface area contributed by atoms with E-state index in [2.05, 4.69) is 34.7 Å². The highest BCUT2D eigenvalue weighted by Gasteiger charge is 2.24. The molecule has 0 bridgehead atoms. The summed E-state index contributed by atoms with van der Waals surface area (Å²) >= 11 is 5.37. The smallest absolute Gasteiger partial charge is 0.283 e. The van der Waals surface area contributed by atoms with E-state index in [1.165, 1.54) is 6.07 Å². The van der Waals surface area contributed by atoms with Crippen LogP contribution in [0.25, 0.3) is 0 Å². The van der Waals surface area contributed by atoms with E-state index < -0.39 is 0 Å². The number of rotatable bonds is 3. The van der Waals surface area contributed by atoms with Crippen molar-refractivity contribution in [2.75, 3.05) is 13.1 Å². The minimum absolute atomic E-state index is 0.144. The van der Waals surface area contributed by atoms with E-state index in [-0.39, 0.29) is 10.6 Å². The fourth-order valence-corrected chi connectivity index (χ4v) is 4.41. The normalized spacial score (nSPS) is 24.4. The molecule has 2 unspecified atom stereocenters. The Balaban J connectivity index is 2.15. The molecule has 1 fully saturated rings. The lowest BCUT2D eigenvalue weighted by Crippen LogP contribution is -2.39. The molecule has 0 aliphatic carbocycles. The summed E-state index contributed by atoms with van der Waals surface area (Å²) in [5, 5.41) is 12.2. The van der Waals surface area contributed by atoms with E-state index in [1.54, 1.807) is 6.07 Å². The summed E-state index contributed by atoms with van der Waals surface area (Å²) in [6, 6.07) is 5.24. The fourth-order valence-electron chi connectivity index (χ4n) is 2.48. The van der Waals surface area contributed by atoms with Gasteiger partial charge in [0.15, 0.2) is 0 Å². The number of nitro groups is 1. The first-order valence-corrected chi connectivity index (χ1v) is 8.00. The summed E-state index contributed by atoms with van der Waals surface area (Å²) in [5.41, 5.74) is 1.13. The Morgan fingerprint density at radius 3 is 2.63 bits per heavy atom. The molecule has 1 heterocycles. The van der Waals surface area contributed by atoms with E-state index in [4.69, 9.17) is 0 Å².